The van der Waals surface area contributed by atoms with Crippen LogP contribution in [0.25, 0.3) is 11.5 Å². The van der Waals surface area contributed by atoms with E-state index in [0.29, 0.717) is 22.9 Å². The minimum Gasteiger partial charge on any atom is -0.419 e. The van der Waals surface area contributed by atoms with E-state index in [1.807, 2.05) is 38.1 Å². The van der Waals surface area contributed by atoms with E-state index in [1.54, 1.807) is 4.68 Å². The summed E-state index contributed by atoms with van der Waals surface area (Å²) < 4.78 is 7.39. The summed E-state index contributed by atoms with van der Waals surface area (Å²) >= 11 is 1.47. The van der Waals surface area contributed by atoms with Gasteiger partial charge in [0.05, 0.1) is 5.25 Å². The molecule has 2 N–H and O–H groups in total. The number of hydrogen-bond donors (Lipinski definition) is 1. The Morgan fingerprint density at radius 2 is 1.92 bits per heavy atom. The van der Waals surface area contributed by atoms with Crippen molar-refractivity contribution in [1.29, 1.82) is 0 Å². The number of hydrogen-bond acceptors (Lipinski definition) is 7. The molecule has 4 rings (SSSR count). The number of benzene rings is 1. The smallest absolute Gasteiger partial charge is 0.247 e. The van der Waals surface area contributed by atoms with E-state index in [-0.39, 0.29) is 5.25 Å². The molecule has 1 aliphatic carbocycles. The van der Waals surface area contributed by atoms with Crippen LogP contribution in [0.4, 0.5) is 0 Å². The molecule has 1 aliphatic rings. The lowest BCUT2D eigenvalue weighted by Gasteiger charge is -2.06. The number of nitrogens with zero attached hydrogens (tertiary/aromatic N) is 5. The van der Waals surface area contributed by atoms with Crippen molar-refractivity contribution in [1.82, 2.24) is 25.1 Å². The topological polar surface area (TPSA) is 95.7 Å². The summed E-state index contributed by atoms with van der Waals surface area (Å²) in [5, 5.41) is 17.3. The van der Waals surface area contributed by atoms with Gasteiger partial charge in [0.15, 0.2) is 5.82 Å². The molecule has 124 valence electrons. The molecule has 0 amide bonds. The van der Waals surface area contributed by atoms with Crippen molar-refractivity contribution in [3.8, 4) is 11.5 Å². The molecule has 1 fully saturated rings. The maximum Gasteiger partial charge on any atom is 0.247 e. The zero-order valence-corrected chi connectivity index (χ0v) is 14.3. The van der Waals surface area contributed by atoms with Crippen molar-refractivity contribution in [3.63, 3.8) is 0 Å². The highest BCUT2D eigenvalue weighted by Gasteiger charge is 2.30. The molecule has 3 aromatic rings. The van der Waals surface area contributed by atoms with Crippen LogP contribution >= 0.6 is 11.8 Å². The van der Waals surface area contributed by atoms with Crippen LogP contribution in [0.15, 0.2) is 33.8 Å². The molecule has 0 unspecified atom stereocenters. The van der Waals surface area contributed by atoms with Gasteiger partial charge in [0, 0.05) is 11.5 Å². The van der Waals surface area contributed by atoms with Crippen molar-refractivity contribution < 1.29 is 4.42 Å². The van der Waals surface area contributed by atoms with Gasteiger partial charge < -0.3 is 10.3 Å². The predicted octanol–water partition coefficient (Wildman–Crippen LogP) is 3.08. The highest BCUT2D eigenvalue weighted by molar-refractivity contribution is 7.99. The zero-order valence-electron chi connectivity index (χ0n) is 13.5. The summed E-state index contributed by atoms with van der Waals surface area (Å²) in [6.07, 6.45) is 2.28. The lowest BCUT2D eigenvalue weighted by atomic mass is 10.1. The summed E-state index contributed by atoms with van der Waals surface area (Å²) in [6, 6.07) is 7.99. The lowest BCUT2D eigenvalue weighted by Crippen LogP contribution is -2.13. The average Bonchev–Trinajstić information content (AvgIpc) is 3.18. The molecule has 1 atom stereocenters. The Balaban J connectivity index is 1.50. The number of nitrogens with two attached hydrogens (primary N) is 1. The Labute approximate surface area is 143 Å². The van der Waals surface area contributed by atoms with Gasteiger partial charge in [0.2, 0.25) is 16.9 Å². The SMILES string of the molecule is Cc1ccc(-c2nnc([C@@H](C)Sc3nnc(C4CC4)n3N)o2)cc1. The van der Waals surface area contributed by atoms with Gasteiger partial charge in [0.25, 0.3) is 0 Å². The molecule has 7 nitrogen and oxygen atoms in total. The van der Waals surface area contributed by atoms with Crippen molar-refractivity contribution >= 4 is 11.8 Å². The zero-order chi connectivity index (χ0) is 16.7. The maximum absolute atomic E-state index is 6.09. The largest absolute Gasteiger partial charge is 0.419 e. The first-order valence-corrected chi connectivity index (χ1v) is 8.77. The number of aryl methyl sites for hydroxylation is 1. The van der Waals surface area contributed by atoms with Gasteiger partial charge in [-0.05, 0) is 38.8 Å². The quantitative estimate of drug-likeness (QED) is 0.562. The van der Waals surface area contributed by atoms with Crippen molar-refractivity contribution in [2.24, 2.45) is 0 Å². The van der Waals surface area contributed by atoms with Gasteiger partial charge in [-0.2, -0.15) is 0 Å². The fourth-order valence-electron chi connectivity index (χ4n) is 2.41. The third-order valence-electron chi connectivity index (χ3n) is 4.00. The van der Waals surface area contributed by atoms with Gasteiger partial charge in [-0.1, -0.05) is 29.5 Å². The molecule has 8 heteroatoms. The Kier molecular flexibility index (Phi) is 3.76. The molecule has 1 saturated carbocycles. The van der Waals surface area contributed by atoms with E-state index in [9.17, 15) is 0 Å². The summed E-state index contributed by atoms with van der Waals surface area (Å²) in [7, 11) is 0. The number of rotatable bonds is 5. The number of thioether (sulfide) groups is 1. The highest BCUT2D eigenvalue weighted by atomic mass is 32.2. The first-order chi connectivity index (χ1) is 11.6. The van der Waals surface area contributed by atoms with Crippen LogP contribution in [0.2, 0.25) is 0 Å². The van der Waals surface area contributed by atoms with Crippen LogP contribution in [0.3, 0.4) is 0 Å². The standard InChI is InChI=1S/C16H18N6OS/c1-9-3-5-12(6-4-9)15-20-19-14(23-15)10(2)24-16-21-18-13(22(16)17)11-7-8-11/h3-6,10-11H,7-8,17H2,1-2H3/t10-/m1/s1. The fraction of sp³-hybridized carbons (Fsp3) is 0.375. The summed E-state index contributed by atoms with van der Waals surface area (Å²) in [4.78, 5) is 0. The summed E-state index contributed by atoms with van der Waals surface area (Å²) in [5.74, 6) is 8.47. The van der Waals surface area contributed by atoms with E-state index in [0.717, 1.165) is 24.2 Å². The molecule has 0 saturated heterocycles. The maximum atomic E-state index is 6.09. The van der Waals surface area contributed by atoms with Crippen LogP contribution in [0, 0.1) is 6.92 Å². The van der Waals surface area contributed by atoms with E-state index < -0.39 is 0 Å². The van der Waals surface area contributed by atoms with E-state index in [2.05, 4.69) is 20.4 Å². The molecule has 1 aromatic carbocycles. The second-order valence-corrected chi connectivity index (χ2v) is 7.36. The van der Waals surface area contributed by atoms with Gasteiger partial charge in [-0.15, -0.1) is 20.4 Å². The number of nitrogen functional groups attached to an aromatic ring is 1. The second kappa shape index (κ2) is 5.94. The molecule has 0 aliphatic heterocycles. The molecule has 24 heavy (non-hydrogen) atoms. The first-order valence-electron chi connectivity index (χ1n) is 7.89. The Morgan fingerprint density at radius 1 is 1.17 bits per heavy atom. The first kappa shape index (κ1) is 15.2. The lowest BCUT2D eigenvalue weighted by molar-refractivity contribution is 0.508. The third kappa shape index (κ3) is 2.89. The Bertz CT molecular complexity index is 852. The third-order valence-corrected chi connectivity index (χ3v) is 5.05. The molecule has 0 bridgehead atoms. The van der Waals surface area contributed by atoms with Gasteiger partial charge in [0.1, 0.15) is 0 Å². The fourth-order valence-corrected chi connectivity index (χ4v) is 3.22. The monoisotopic (exact) mass is 342 g/mol. The minimum absolute atomic E-state index is 0.0600. The van der Waals surface area contributed by atoms with Crippen molar-refractivity contribution in [3.05, 3.63) is 41.5 Å². The van der Waals surface area contributed by atoms with E-state index in [1.165, 1.54) is 17.3 Å². The molecular weight excluding hydrogens is 324 g/mol. The highest BCUT2D eigenvalue weighted by Crippen LogP contribution is 2.40. The van der Waals surface area contributed by atoms with Crippen LogP contribution in [-0.2, 0) is 0 Å². The van der Waals surface area contributed by atoms with Crippen molar-refractivity contribution in [2.75, 3.05) is 5.84 Å². The van der Waals surface area contributed by atoms with Gasteiger partial charge in [-0.3, -0.25) is 0 Å². The molecule has 2 heterocycles. The molecular formula is C16H18N6OS. The molecule has 0 radical (unpaired) electrons. The molecule has 0 spiro atoms. The van der Waals surface area contributed by atoms with E-state index in [4.69, 9.17) is 10.3 Å². The molecule has 2 aromatic heterocycles. The second-order valence-electron chi connectivity index (χ2n) is 6.06. The van der Waals surface area contributed by atoms with Crippen molar-refractivity contribution in [2.45, 2.75) is 43.0 Å². The number of aromatic nitrogens is 5. The van der Waals surface area contributed by atoms with E-state index >= 15 is 0 Å². The summed E-state index contributed by atoms with van der Waals surface area (Å²) in [5.41, 5.74) is 2.10. The summed E-state index contributed by atoms with van der Waals surface area (Å²) in [6.45, 7) is 4.03. The Morgan fingerprint density at radius 3 is 2.62 bits per heavy atom. The van der Waals surface area contributed by atoms with Crippen LogP contribution in [-0.4, -0.2) is 25.1 Å². The van der Waals surface area contributed by atoms with Crippen LogP contribution in [0.5, 0.6) is 0 Å². The van der Waals surface area contributed by atoms with Crippen LogP contribution in [0.1, 0.15) is 48.2 Å². The minimum atomic E-state index is -0.0600. The normalized spacial score (nSPS) is 15.6. The van der Waals surface area contributed by atoms with Gasteiger partial charge in [-0.25, -0.2) is 4.68 Å². The Hall–Kier alpha value is -2.35. The van der Waals surface area contributed by atoms with Crippen LogP contribution < -0.4 is 5.84 Å². The predicted molar refractivity (Wildman–Crippen MR) is 90.9 cm³/mol. The van der Waals surface area contributed by atoms with Gasteiger partial charge >= 0.3 is 0 Å². The average molecular weight is 342 g/mol.